The van der Waals surface area contributed by atoms with Crippen molar-refractivity contribution in [1.82, 2.24) is 10.0 Å². The lowest BCUT2D eigenvalue weighted by molar-refractivity contribution is -0.137. The lowest BCUT2D eigenvalue weighted by Crippen LogP contribution is -2.38. The van der Waals surface area contributed by atoms with Crippen LogP contribution in [0.3, 0.4) is 0 Å². The summed E-state index contributed by atoms with van der Waals surface area (Å²) in [5, 5.41) is 3.19. The average Bonchev–Trinajstić information content (AvgIpc) is 2.45. The molecule has 0 aliphatic carbocycles. The number of nitrogens with one attached hydrogen (secondary N) is 2. The number of hydrogen-bond acceptors (Lipinski definition) is 3. The van der Waals surface area contributed by atoms with Gasteiger partial charge in [0, 0.05) is 6.54 Å². The Balaban J connectivity index is 0.00000264. The molecule has 1 aromatic rings. The van der Waals surface area contributed by atoms with E-state index in [-0.39, 0.29) is 35.3 Å². The molecule has 1 atom stereocenters. The molecule has 1 saturated heterocycles. The maximum Gasteiger partial charge on any atom is 0.416 e. The van der Waals surface area contributed by atoms with Gasteiger partial charge in [-0.25, -0.2) is 13.1 Å². The van der Waals surface area contributed by atoms with E-state index in [4.69, 9.17) is 0 Å². The molecule has 0 saturated carbocycles. The first-order valence-electron chi connectivity index (χ1n) is 7.08. The molecule has 0 bridgehead atoms. The fourth-order valence-electron chi connectivity index (χ4n) is 2.53. The van der Waals surface area contributed by atoms with E-state index in [0.29, 0.717) is 0 Å². The summed E-state index contributed by atoms with van der Waals surface area (Å²) >= 11 is 0. The van der Waals surface area contributed by atoms with Gasteiger partial charge in [-0.2, -0.15) is 13.2 Å². The van der Waals surface area contributed by atoms with Crippen molar-refractivity contribution in [3.8, 4) is 0 Å². The Morgan fingerprint density at radius 3 is 2.57 bits per heavy atom. The second-order valence-corrected chi connectivity index (χ2v) is 7.28. The van der Waals surface area contributed by atoms with Crippen LogP contribution in [0.1, 0.15) is 24.0 Å². The van der Waals surface area contributed by atoms with Crippen LogP contribution in [0.25, 0.3) is 0 Å². The third kappa shape index (κ3) is 5.34. The summed E-state index contributed by atoms with van der Waals surface area (Å²) in [6.07, 6.45) is -2.55. The SMILES string of the molecule is Cc1cc(C(F)(F)F)ccc1S(=O)(=O)NCC1CCCNC1.Cl. The highest BCUT2D eigenvalue weighted by atomic mass is 35.5. The highest BCUT2D eigenvalue weighted by Gasteiger charge is 2.31. The fraction of sp³-hybridized carbons (Fsp3) is 0.571. The molecule has 1 heterocycles. The molecule has 2 N–H and O–H groups in total. The number of piperidine rings is 1. The van der Waals surface area contributed by atoms with Crippen LogP contribution in [0.2, 0.25) is 0 Å². The zero-order chi connectivity index (χ0) is 16.4. The van der Waals surface area contributed by atoms with Gasteiger partial charge in [0.25, 0.3) is 0 Å². The van der Waals surface area contributed by atoms with Gasteiger partial charge < -0.3 is 5.32 Å². The second kappa shape index (κ2) is 7.83. The molecule has 0 aromatic heterocycles. The van der Waals surface area contributed by atoms with Crippen molar-refractivity contribution < 1.29 is 21.6 Å². The minimum Gasteiger partial charge on any atom is -0.316 e. The van der Waals surface area contributed by atoms with E-state index in [1.165, 1.54) is 6.92 Å². The Morgan fingerprint density at radius 1 is 1.35 bits per heavy atom. The number of halogens is 4. The Kier molecular flexibility index (Phi) is 6.88. The number of alkyl halides is 3. The van der Waals surface area contributed by atoms with Crippen molar-refractivity contribution >= 4 is 22.4 Å². The predicted molar refractivity (Wildman–Crippen MR) is 84.2 cm³/mol. The molecular weight excluding hydrogens is 353 g/mol. The summed E-state index contributed by atoms with van der Waals surface area (Å²) in [6.45, 7) is 3.33. The Morgan fingerprint density at radius 2 is 2.04 bits per heavy atom. The van der Waals surface area contributed by atoms with Crippen LogP contribution >= 0.6 is 12.4 Å². The normalized spacial score (nSPS) is 19.2. The molecule has 9 heteroatoms. The number of aryl methyl sites for hydroxylation is 1. The average molecular weight is 373 g/mol. The number of sulfonamides is 1. The van der Waals surface area contributed by atoms with Crippen molar-refractivity contribution in [1.29, 1.82) is 0 Å². The lowest BCUT2D eigenvalue weighted by Gasteiger charge is -2.23. The minimum atomic E-state index is -4.48. The Bertz CT molecular complexity index is 629. The molecule has 2 rings (SSSR count). The van der Waals surface area contributed by atoms with Crippen LogP contribution in [0.5, 0.6) is 0 Å². The van der Waals surface area contributed by atoms with E-state index < -0.39 is 21.8 Å². The molecule has 0 radical (unpaired) electrons. The van der Waals surface area contributed by atoms with E-state index in [9.17, 15) is 21.6 Å². The number of benzene rings is 1. The lowest BCUT2D eigenvalue weighted by atomic mass is 10.0. The van der Waals surface area contributed by atoms with Crippen LogP contribution in [-0.2, 0) is 16.2 Å². The number of rotatable bonds is 4. The van der Waals surface area contributed by atoms with Gasteiger partial charge in [-0.05, 0) is 62.5 Å². The fourth-order valence-corrected chi connectivity index (χ4v) is 3.87. The van der Waals surface area contributed by atoms with Gasteiger partial charge >= 0.3 is 6.18 Å². The maximum absolute atomic E-state index is 12.6. The van der Waals surface area contributed by atoms with Gasteiger partial charge in [-0.3, -0.25) is 0 Å². The molecule has 132 valence electrons. The second-order valence-electron chi connectivity index (χ2n) is 5.54. The summed E-state index contributed by atoms with van der Waals surface area (Å²) < 4.78 is 64.8. The predicted octanol–water partition coefficient (Wildman–Crippen LogP) is 2.71. The zero-order valence-electron chi connectivity index (χ0n) is 12.6. The third-order valence-corrected chi connectivity index (χ3v) is 5.34. The molecule has 1 fully saturated rings. The first-order chi connectivity index (χ1) is 10.2. The molecule has 1 aliphatic rings. The van der Waals surface area contributed by atoms with Crippen LogP contribution in [0.4, 0.5) is 13.2 Å². The van der Waals surface area contributed by atoms with E-state index >= 15 is 0 Å². The van der Waals surface area contributed by atoms with Gasteiger partial charge in [0.15, 0.2) is 0 Å². The molecular formula is C14H20ClF3N2O2S. The summed E-state index contributed by atoms with van der Waals surface area (Å²) in [6, 6.07) is 2.67. The van der Waals surface area contributed by atoms with Crippen molar-refractivity contribution in [2.45, 2.75) is 30.8 Å². The largest absolute Gasteiger partial charge is 0.416 e. The smallest absolute Gasteiger partial charge is 0.316 e. The molecule has 1 aromatic carbocycles. The van der Waals surface area contributed by atoms with E-state index in [0.717, 1.165) is 44.1 Å². The van der Waals surface area contributed by atoms with Crippen molar-refractivity contribution in [2.75, 3.05) is 19.6 Å². The first kappa shape index (κ1) is 20.2. The van der Waals surface area contributed by atoms with Crippen molar-refractivity contribution in [3.63, 3.8) is 0 Å². The van der Waals surface area contributed by atoms with Crippen LogP contribution < -0.4 is 10.0 Å². The third-order valence-electron chi connectivity index (χ3n) is 3.75. The van der Waals surface area contributed by atoms with Gasteiger partial charge in [0.05, 0.1) is 10.5 Å². The Hall–Kier alpha value is -0.830. The van der Waals surface area contributed by atoms with Crippen molar-refractivity contribution in [3.05, 3.63) is 29.3 Å². The first-order valence-corrected chi connectivity index (χ1v) is 8.57. The van der Waals surface area contributed by atoms with Crippen molar-refractivity contribution in [2.24, 2.45) is 5.92 Å². The van der Waals surface area contributed by atoms with Gasteiger partial charge in [-0.1, -0.05) is 0 Å². The summed E-state index contributed by atoms with van der Waals surface area (Å²) in [5.74, 6) is 0.207. The quantitative estimate of drug-likeness (QED) is 0.854. The summed E-state index contributed by atoms with van der Waals surface area (Å²) in [5.41, 5.74) is -0.760. The summed E-state index contributed by atoms with van der Waals surface area (Å²) in [7, 11) is -3.80. The summed E-state index contributed by atoms with van der Waals surface area (Å²) in [4.78, 5) is -0.107. The van der Waals surface area contributed by atoms with Gasteiger partial charge in [-0.15, -0.1) is 12.4 Å². The maximum atomic E-state index is 12.6. The molecule has 0 amide bonds. The van der Waals surface area contributed by atoms with Gasteiger partial charge in [0.2, 0.25) is 10.0 Å². The minimum absolute atomic E-state index is 0. The Labute approximate surface area is 140 Å². The van der Waals surface area contributed by atoms with Crippen LogP contribution in [0.15, 0.2) is 23.1 Å². The highest BCUT2D eigenvalue weighted by molar-refractivity contribution is 7.89. The molecule has 1 aliphatic heterocycles. The molecule has 4 nitrogen and oxygen atoms in total. The van der Waals surface area contributed by atoms with Gasteiger partial charge in [0.1, 0.15) is 0 Å². The van der Waals surface area contributed by atoms with E-state index in [1.54, 1.807) is 0 Å². The molecule has 23 heavy (non-hydrogen) atoms. The van der Waals surface area contributed by atoms with Crippen LogP contribution in [-0.4, -0.2) is 28.1 Å². The molecule has 1 unspecified atom stereocenters. The van der Waals surface area contributed by atoms with E-state index in [2.05, 4.69) is 10.0 Å². The topological polar surface area (TPSA) is 58.2 Å². The monoisotopic (exact) mass is 372 g/mol. The van der Waals surface area contributed by atoms with Crippen LogP contribution in [0, 0.1) is 12.8 Å². The standard InChI is InChI=1S/C14H19F3N2O2S.ClH/c1-10-7-12(14(15,16)17)4-5-13(10)22(20,21)19-9-11-3-2-6-18-8-11;/h4-5,7,11,18-19H,2-3,6,8-9H2,1H3;1H. The highest BCUT2D eigenvalue weighted by Crippen LogP contribution is 2.31. The number of hydrogen-bond donors (Lipinski definition) is 2. The van der Waals surface area contributed by atoms with E-state index in [1.807, 2.05) is 0 Å². The molecule has 0 spiro atoms. The zero-order valence-corrected chi connectivity index (χ0v) is 14.2.